The van der Waals surface area contributed by atoms with Crippen LogP contribution in [0, 0.1) is 0 Å². The summed E-state index contributed by atoms with van der Waals surface area (Å²) in [5.41, 5.74) is 0.375. The zero-order valence-electron chi connectivity index (χ0n) is 15.1. The van der Waals surface area contributed by atoms with E-state index in [1.807, 2.05) is 0 Å². The van der Waals surface area contributed by atoms with Crippen molar-refractivity contribution in [3.05, 3.63) is 65.7 Å². The molecule has 0 saturated carbocycles. The summed E-state index contributed by atoms with van der Waals surface area (Å²) in [6.45, 7) is 1.89. The van der Waals surface area contributed by atoms with Crippen molar-refractivity contribution < 1.29 is 27.5 Å². The fraction of sp³-hybridized carbons (Fsp3) is 0.158. The van der Waals surface area contributed by atoms with Crippen molar-refractivity contribution in [2.75, 3.05) is 11.9 Å². The first-order chi connectivity index (χ1) is 13.8. The lowest BCUT2D eigenvalue weighted by molar-refractivity contribution is -0.137. The average Bonchev–Trinajstić information content (AvgIpc) is 3.18. The quantitative estimate of drug-likeness (QED) is 0.629. The molecule has 0 spiro atoms. The number of aromatic nitrogens is 3. The van der Waals surface area contributed by atoms with Gasteiger partial charge in [-0.3, -0.25) is 4.79 Å². The molecule has 2 N–H and O–H groups in total. The standard InChI is InChI=1S/C19H15F3N4O3/c1-2-29-18(28)16-15(24-10-25-16)11-3-5-12(6-4-11)17(27)26-14-9-13(7-8-23-14)19(20,21)22/h3-10H,2H2,1H3,(H,24,25)(H,23,26,27). The van der Waals surface area contributed by atoms with Gasteiger partial charge in [0.15, 0.2) is 5.69 Å². The van der Waals surface area contributed by atoms with E-state index in [0.29, 0.717) is 11.3 Å². The Balaban J connectivity index is 1.77. The van der Waals surface area contributed by atoms with Crippen molar-refractivity contribution in [3.8, 4) is 11.3 Å². The van der Waals surface area contributed by atoms with Gasteiger partial charge in [0.1, 0.15) is 11.5 Å². The second-order valence-corrected chi connectivity index (χ2v) is 5.81. The zero-order chi connectivity index (χ0) is 21.0. The molecule has 0 aliphatic heterocycles. The molecule has 0 aliphatic rings. The SMILES string of the molecule is CCOC(=O)c1[nH]cnc1-c1ccc(C(=O)Nc2cc(C(F)(F)F)ccn2)cc1. The van der Waals surface area contributed by atoms with Crippen LogP contribution in [0.15, 0.2) is 48.9 Å². The van der Waals surface area contributed by atoms with Gasteiger partial charge in [-0.25, -0.2) is 14.8 Å². The molecule has 29 heavy (non-hydrogen) atoms. The van der Waals surface area contributed by atoms with Gasteiger partial charge in [-0.2, -0.15) is 13.2 Å². The van der Waals surface area contributed by atoms with Gasteiger partial charge in [-0.1, -0.05) is 12.1 Å². The first-order valence-corrected chi connectivity index (χ1v) is 8.45. The number of amides is 1. The third-order valence-electron chi connectivity index (χ3n) is 3.87. The van der Waals surface area contributed by atoms with E-state index in [2.05, 4.69) is 20.3 Å². The summed E-state index contributed by atoms with van der Waals surface area (Å²) in [6.07, 6.45) is -2.22. The molecular weight excluding hydrogens is 389 g/mol. The number of esters is 1. The molecule has 0 aliphatic carbocycles. The van der Waals surface area contributed by atoms with Gasteiger partial charge in [-0.05, 0) is 31.2 Å². The minimum atomic E-state index is -4.54. The summed E-state index contributed by atoms with van der Waals surface area (Å²) in [5, 5.41) is 2.33. The van der Waals surface area contributed by atoms with E-state index in [4.69, 9.17) is 4.74 Å². The van der Waals surface area contributed by atoms with Gasteiger partial charge in [0, 0.05) is 17.3 Å². The van der Waals surface area contributed by atoms with E-state index in [1.165, 1.54) is 18.5 Å². The molecule has 7 nitrogen and oxygen atoms in total. The predicted octanol–water partition coefficient (Wildman–Crippen LogP) is 3.92. The Morgan fingerprint density at radius 2 is 1.86 bits per heavy atom. The summed E-state index contributed by atoms with van der Waals surface area (Å²) in [6, 6.07) is 7.61. The number of anilines is 1. The Bertz CT molecular complexity index is 1030. The average molecular weight is 404 g/mol. The molecule has 1 amide bonds. The first kappa shape index (κ1) is 20.1. The van der Waals surface area contributed by atoms with E-state index >= 15 is 0 Å². The van der Waals surface area contributed by atoms with Crippen LogP contribution in [0.3, 0.4) is 0 Å². The summed E-state index contributed by atoms with van der Waals surface area (Å²) in [4.78, 5) is 34.8. The number of imidazole rings is 1. The number of nitrogens with zero attached hydrogens (tertiary/aromatic N) is 2. The number of benzene rings is 1. The Hall–Kier alpha value is -3.69. The lowest BCUT2D eigenvalue weighted by Gasteiger charge is -2.09. The molecule has 0 unspecified atom stereocenters. The zero-order valence-corrected chi connectivity index (χ0v) is 15.1. The number of rotatable bonds is 5. The normalized spacial score (nSPS) is 11.2. The number of nitrogens with one attached hydrogen (secondary N) is 2. The number of H-pyrrole nitrogens is 1. The largest absolute Gasteiger partial charge is 0.461 e. The van der Waals surface area contributed by atoms with Gasteiger partial charge in [-0.15, -0.1) is 0 Å². The Morgan fingerprint density at radius 1 is 1.14 bits per heavy atom. The van der Waals surface area contributed by atoms with Crippen molar-refractivity contribution >= 4 is 17.7 Å². The topological polar surface area (TPSA) is 97.0 Å². The Morgan fingerprint density at radius 3 is 2.52 bits per heavy atom. The highest BCUT2D eigenvalue weighted by Gasteiger charge is 2.30. The van der Waals surface area contributed by atoms with E-state index in [0.717, 1.165) is 18.3 Å². The molecule has 0 radical (unpaired) electrons. The highest BCUT2D eigenvalue weighted by Crippen LogP contribution is 2.30. The van der Waals surface area contributed by atoms with Crippen LogP contribution in [0.1, 0.15) is 33.3 Å². The molecule has 0 fully saturated rings. The number of alkyl halides is 3. The van der Waals surface area contributed by atoms with Crippen LogP contribution >= 0.6 is 0 Å². The van der Waals surface area contributed by atoms with Crippen LogP contribution in [0.5, 0.6) is 0 Å². The fourth-order valence-corrected chi connectivity index (χ4v) is 2.52. The van der Waals surface area contributed by atoms with E-state index in [-0.39, 0.29) is 23.7 Å². The van der Waals surface area contributed by atoms with Crippen molar-refractivity contribution in [1.29, 1.82) is 0 Å². The molecule has 0 atom stereocenters. The van der Waals surface area contributed by atoms with E-state index in [1.54, 1.807) is 19.1 Å². The third kappa shape index (κ3) is 4.60. The second kappa shape index (κ2) is 8.13. The molecule has 0 bridgehead atoms. The molecule has 3 rings (SSSR count). The molecular formula is C19H15F3N4O3. The van der Waals surface area contributed by atoms with Crippen LogP contribution in [0.25, 0.3) is 11.3 Å². The number of ether oxygens (including phenoxy) is 1. The van der Waals surface area contributed by atoms with Crippen LogP contribution in [-0.2, 0) is 10.9 Å². The number of hydrogen-bond acceptors (Lipinski definition) is 5. The number of carbonyl (C=O) groups is 2. The second-order valence-electron chi connectivity index (χ2n) is 5.81. The minimum Gasteiger partial charge on any atom is -0.461 e. The van der Waals surface area contributed by atoms with Gasteiger partial charge in [0.05, 0.1) is 18.5 Å². The number of aromatic amines is 1. The molecule has 150 valence electrons. The lowest BCUT2D eigenvalue weighted by Crippen LogP contribution is -2.14. The van der Waals surface area contributed by atoms with Crippen LogP contribution < -0.4 is 5.32 Å². The smallest absolute Gasteiger partial charge is 0.416 e. The van der Waals surface area contributed by atoms with Crippen LogP contribution in [0.4, 0.5) is 19.0 Å². The number of pyridine rings is 1. The first-order valence-electron chi connectivity index (χ1n) is 8.45. The fourth-order valence-electron chi connectivity index (χ4n) is 2.52. The monoisotopic (exact) mass is 404 g/mol. The van der Waals surface area contributed by atoms with Crippen LogP contribution in [0.2, 0.25) is 0 Å². The molecule has 10 heteroatoms. The number of halogens is 3. The van der Waals surface area contributed by atoms with Crippen molar-refractivity contribution in [3.63, 3.8) is 0 Å². The lowest BCUT2D eigenvalue weighted by atomic mass is 10.1. The maximum Gasteiger partial charge on any atom is 0.416 e. The predicted molar refractivity (Wildman–Crippen MR) is 97.2 cm³/mol. The highest BCUT2D eigenvalue weighted by atomic mass is 19.4. The maximum atomic E-state index is 12.8. The van der Waals surface area contributed by atoms with Gasteiger partial charge in [0.2, 0.25) is 0 Å². The van der Waals surface area contributed by atoms with Gasteiger partial charge < -0.3 is 15.0 Å². The van der Waals surface area contributed by atoms with Gasteiger partial charge in [0.25, 0.3) is 5.91 Å². The molecule has 1 aromatic carbocycles. The van der Waals surface area contributed by atoms with Crippen molar-refractivity contribution in [2.24, 2.45) is 0 Å². The van der Waals surface area contributed by atoms with E-state index < -0.39 is 23.6 Å². The van der Waals surface area contributed by atoms with Crippen molar-refractivity contribution in [2.45, 2.75) is 13.1 Å². The van der Waals surface area contributed by atoms with Crippen molar-refractivity contribution in [1.82, 2.24) is 15.0 Å². The highest BCUT2D eigenvalue weighted by molar-refractivity contribution is 6.04. The maximum absolute atomic E-state index is 12.8. The summed E-state index contributed by atoms with van der Waals surface area (Å²) >= 11 is 0. The summed E-state index contributed by atoms with van der Waals surface area (Å²) in [5.74, 6) is -1.40. The third-order valence-corrected chi connectivity index (χ3v) is 3.87. The molecule has 2 heterocycles. The minimum absolute atomic E-state index is 0.178. The van der Waals surface area contributed by atoms with Gasteiger partial charge >= 0.3 is 12.1 Å². The Labute approximate surface area is 163 Å². The van der Waals surface area contributed by atoms with E-state index in [9.17, 15) is 22.8 Å². The summed E-state index contributed by atoms with van der Waals surface area (Å²) < 4.78 is 43.2. The molecule has 2 aromatic heterocycles. The molecule has 0 saturated heterocycles. The number of carbonyl (C=O) groups excluding carboxylic acids is 2. The molecule has 3 aromatic rings. The number of hydrogen-bond donors (Lipinski definition) is 2. The summed E-state index contributed by atoms with van der Waals surface area (Å²) in [7, 11) is 0. The Kier molecular flexibility index (Phi) is 5.62. The van der Waals surface area contributed by atoms with Crippen LogP contribution in [-0.4, -0.2) is 33.4 Å².